The van der Waals surface area contributed by atoms with Crippen molar-refractivity contribution >= 4 is 5.91 Å². The predicted octanol–water partition coefficient (Wildman–Crippen LogP) is 4.16. The van der Waals surface area contributed by atoms with Crippen molar-refractivity contribution in [2.24, 2.45) is 0 Å². The van der Waals surface area contributed by atoms with Gasteiger partial charge in [-0.05, 0) is 31.0 Å². The molecule has 1 aliphatic rings. The average Bonchev–Trinajstić information content (AvgIpc) is 2.75. The molecule has 1 amide bonds. The molecule has 4 nitrogen and oxygen atoms in total. The van der Waals surface area contributed by atoms with Crippen LogP contribution in [0.25, 0.3) is 11.4 Å². The lowest BCUT2D eigenvalue weighted by Gasteiger charge is -2.32. The fraction of sp³-hybridized carbons (Fsp3) is 0.227. The van der Waals surface area contributed by atoms with Crippen LogP contribution in [0.2, 0.25) is 0 Å². The quantitative estimate of drug-likeness (QED) is 0.717. The topological polar surface area (TPSA) is 46.1 Å². The van der Waals surface area contributed by atoms with Crippen molar-refractivity contribution in [2.75, 3.05) is 13.1 Å². The second-order valence-corrected chi connectivity index (χ2v) is 6.63. The fourth-order valence-corrected chi connectivity index (χ4v) is 3.49. The van der Waals surface area contributed by atoms with Gasteiger partial charge in [0.2, 0.25) is 0 Å². The number of hydrogen-bond acceptors (Lipinski definition) is 3. The van der Waals surface area contributed by atoms with Crippen LogP contribution < -0.4 is 0 Å². The van der Waals surface area contributed by atoms with E-state index < -0.39 is 0 Å². The van der Waals surface area contributed by atoms with E-state index in [2.05, 4.69) is 4.98 Å². The summed E-state index contributed by atoms with van der Waals surface area (Å²) in [5, 5.41) is 0. The zero-order valence-corrected chi connectivity index (χ0v) is 14.6. The van der Waals surface area contributed by atoms with Crippen molar-refractivity contribution in [1.82, 2.24) is 14.9 Å². The number of carbonyl (C=O) groups excluding carboxylic acids is 1. The van der Waals surface area contributed by atoms with E-state index in [1.165, 1.54) is 0 Å². The summed E-state index contributed by atoms with van der Waals surface area (Å²) in [4.78, 5) is 23.9. The van der Waals surface area contributed by atoms with Gasteiger partial charge in [-0.3, -0.25) is 4.79 Å². The molecule has 26 heavy (non-hydrogen) atoms. The molecule has 2 heterocycles. The van der Waals surface area contributed by atoms with Gasteiger partial charge in [0.15, 0.2) is 5.82 Å². The van der Waals surface area contributed by atoms with Crippen LogP contribution in [0.3, 0.4) is 0 Å². The molecule has 0 saturated carbocycles. The van der Waals surface area contributed by atoms with Gasteiger partial charge in [0.25, 0.3) is 5.91 Å². The van der Waals surface area contributed by atoms with Crippen LogP contribution in [-0.4, -0.2) is 33.9 Å². The van der Waals surface area contributed by atoms with Gasteiger partial charge in [-0.1, -0.05) is 48.5 Å². The van der Waals surface area contributed by atoms with Crippen molar-refractivity contribution in [3.05, 3.63) is 84.2 Å². The molecule has 1 aromatic heterocycles. The smallest absolute Gasteiger partial charge is 0.253 e. The number of likely N-dealkylation sites (tertiary alicyclic amines) is 1. The minimum absolute atomic E-state index is 0.104. The van der Waals surface area contributed by atoms with Gasteiger partial charge >= 0.3 is 0 Å². The highest BCUT2D eigenvalue weighted by atomic mass is 16.2. The summed E-state index contributed by atoms with van der Waals surface area (Å²) in [6, 6.07) is 21.5. The van der Waals surface area contributed by atoms with Crippen molar-refractivity contribution in [3.8, 4) is 11.4 Å². The Bertz CT molecular complexity index is 880. The molecule has 1 saturated heterocycles. The van der Waals surface area contributed by atoms with Crippen LogP contribution in [0, 0.1) is 0 Å². The van der Waals surface area contributed by atoms with E-state index in [1.54, 1.807) is 0 Å². The molecule has 0 N–H and O–H groups in total. The van der Waals surface area contributed by atoms with Gasteiger partial charge < -0.3 is 4.90 Å². The number of hydrogen-bond donors (Lipinski definition) is 0. The Morgan fingerprint density at radius 1 is 0.962 bits per heavy atom. The summed E-state index contributed by atoms with van der Waals surface area (Å²) in [5.41, 5.74) is 2.78. The summed E-state index contributed by atoms with van der Waals surface area (Å²) in [6.07, 6.45) is 3.86. The van der Waals surface area contributed by atoms with Crippen LogP contribution in [0.15, 0.2) is 72.9 Å². The second-order valence-electron chi connectivity index (χ2n) is 6.63. The second kappa shape index (κ2) is 7.48. The molecular formula is C22H21N3O. The molecule has 2 aromatic carbocycles. The van der Waals surface area contributed by atoms with E-state index in [0.29, 0.717) is 6.54 Å². The standard InChI is InChI=1S/C22H21N3O/c26-22(18-10-5-2-6-11-18)25-15-7-12-19(16-25)20-13-14-23-21(24-20)17-8-3-1-4-9-17/h1-6,8-11,13-14,19H,7,12,15-16H2/t19-/m1/s1. The summed E-state index contributed by atoms with van der Waals surface area (Å²) >= 11 is 0. The highest BCUT2D eigenvalue weighted by Crippen LogP contribution is 2.27. The van der Waals surface area contributed by atoms with Crippen LogP contribution in [-0.2, 0) is 0 Å². The molecule has 1 aliphatic heterocycles. The van der Waals surface area contributed by atoms with E-state index in [1.807, 2.05) is 77.8 Å². The van der Waals surface area contributed by atoms with E-state index in [4.69, 9.17) is 4.98 Å². The van der Waals surface area contributed by atoms with Crippen molar-refractivity contribution in [2.45, 2.75) is 18.8 Å². The maximum atomic E-state index is 12.8. The zero-order valence-electron chi connectivity index (χ0n) is 14.6. The van der Waals surface area contributed by atoms with Crippen LogP contribution in [0.4, 0.5) is 0 Å². The highest BCUT2D eigenvalue weighted by molar-refractivity contribution is 5.94. The molecule has 0 unspecified atom stereocenters. The first-order valence-electron chi connectivity index (χ1n) is 9.04. The number of rotatable bonds is 3. The first-order chi connectivity index (χ1) is 12.8. The third-order valence-corrected chi connectivity index (χ3v) is 4.86. The maximum absolute atomic E-state index is 12.8. The van der Waals surface area contributed by atoms with Crippen molar-refractivity contribution in [1.29, 1.82) is 0 Å². The Kier molecular flexibility index (Phi) is 4.73. The minimum atomic E-state index is 0.104. The normalized spacial score (nSPS) is 17.1. The maximum Gasteiger partial charge on any atom is 0.253 e. The largest absolute Gasteiger partial charge is 0.338 e. The highest BCUT2D eigenvalue weighted by Gasteiger charge is 2.26. The van der Waals surface area contributed by atoms with Gasteiger partial charge in [0, 0.05) is 42.0 Å². The van der Waals surface area contributed by atoms with Gasteiger partial charge in [0.05, 0.1) is 0 Å². The Balaban J connectivity index is 1.54. The molecule has 3 aromatic rings. The predicted molar refractivity (Wildman–Crippen MR) is 102 cm³/mol. The first-order valence-corrected chi connectivity index (χ1v) is 9.04. The van der Waals surface area contributed by atoms with Gasteiger partial charge in [0.1, 0.15) is 0 Å². The van der Waals surface area contributed by atoms with Crippen molar-refractivity contribution < 1.29 is 4.79 Å². The number of carbonyl (C=O) groups is 1. The van der Waals surface area contributed by atoms with Gasteiger partial charge in [-0.2, -0.15) is 0 Å². The van der Waals surface area contributed by atoms with Crippen LogP contribution in [0.1, 0.15) is 34.8 Å². The van der Waals surface area contributed by atoms with E-state index in [0.717, 1.165) is 42.0 Å². The first kappa shape index (κ1) is 16.5. The number of piperidine rings is 1. The van der Waals surface area contributed by atoms with Crippen LogP contribution >= 0.6 is 0 Å². The van der Waals surface area contributed by atoms with Gasteiger partial charge in [-0.25, -0.2) is 9.97 Å². The summed E-state index contributed by atoms with van der Waals surface area (Å²) < 4.78 is 0. The lowest BCUT2D eigenvalue weighted by Crippen LogP contribution is -2.39. The Morgan fingerprint density at radius 3 is 2.46 bits per heavy atom. The molecule has 4 heteroatoms. The fourth-order valence-electron chi connectivity index (χ4n) is 3.49. The SMILES string of the molecule is O=C(c1ccccc1)N1CCC[C@@H](c2ccnc(-c3ccccc3)n2)C1. The summed E-state index contributed by atoms with van der Waals surface area (Å²) in [5.74, 6) is 1.10. The molecule has 4 rings (SSSR count). The Hall–Kier alpha value is -3.01. The summed E-state index contributed by atoms with van der Waals surface area (Å²) in [6.45, 7) is 1.51. The van der Waals surface area contributed by atoms with Crippen molar-refractivity contribution in [3.63, 3.8) is 0 Å². The monoisotopic (exact) mass is 343 g/mol. The summed E-state index contributed by atoms with van der Waals surface area (Å²) in [7, 11) is 0. The number of nitrogens with zero attached hydrogens (tertiary/aromatic N) is 3. The van der Waals surface area contributed by atoms with E-state index in [9.17, 15) is 4.79 Å². The number of benzene rings is 2. The van der Waals surface area contributed by atoms with E-state index >= 15 is 0 Å². The number of aromatic nitrogens is 2. The molecular weight excluding hydrogens is 322 g/mol. The third-order valence-electron chi connectivity index (χ3n) is 4.86. The lowest BCUT2D eigenvalue weighted by molar-refractivity contribution is 0.0706. The molecule has 0 spiro atoms. The Morgan fingerprint density at radius 2 is 1.69 bits per heavy atom. The molecule has 1 atom stereocenters. The molecule has 0 bridgehead atoms. The molecule has 0 aliphatic carbocycles. The minimum Gasteiger partial charge on any atom is -0.338 e. The zero-order chi connectivity index (χ0) is 17.8. The number of amides is 1. The molecule has 0 radical (unpaired) electrons. The average molecular weight is 343 g/mol. The third kappa shape index (κ3) is 3.49. The Labute approximate surface area is 153 Å². The lowest BCUT2D eigenvalue weighted by atomic mass is 9.94. The molecule has 130 valence electrons. The van der Waals surface area contributed by atoms with Crippen LogP contribution in [0.5, 0.6) is 0 Å². The molecule has 1 fully saturated rings. The van der Waals surface area contributed by atoms with E-state index in [-0.39, 0.29) is 11.8 Å². The van der Waals surface area contributed by atoms with Gasteiger partial charge in [-0.15, -0.1) is 0 Å².